The summed E-state index contributed by atoms with van der Waals surface area (Å²) in [7, 11) is 0. The number of nitrogens with zero attached hydrogens (tertiary/aromatic N) is 2. The molecule has 5 heteroatoms. The first-order chi connectivity index (χ1) is 10.1. The Morgan fingerprint density at radius 2 is 2.14 bits per heavy atom. The fourth-order valence-electron chi connectivity index (χ4n) is 2.24. The van der Waals surface area contributed by atoms with Gasteiger partial charge in [-0.15, -0.1) is 0 Å². The van der Waals surface area contributed by atoms with Crippen LogP contribution in [0.3, 0.4) is 0 Å². The highest BCUT2D eigenvalue weighted by Gasteiger charge is 2.15. The van der Waals surface area contributed by atoms with Crippen LogP contribution in [0.4, 0.5) is 4.39 Å². The predicted molar refractivity (Wildman–Crippen MR) is 80.0 cm³/mol. The van der Waals surface area contributed by atoms with Crippen molar-refractivity contribution in [3.63, 3.8) is 0 Å². The van der Waals surface area contributed by atoms with Crippen molar-refractivity contribution in [3.8, 4) is 11.3 Å². The number of aliphatic hydroxyl groups excluding tert-OH is 1. The first-order valence-electron chi connectivity index (χ1n) is 6.55. The number of aliphatic hydroxyl groups is 1. The molecule has 2 N–H and O–H groups in total. The molecule has 0 saturated carbocycles. The lowest BCUT2D eigenvalue weighted by atomic mass is 10.0. The second-order valence-corrected chi connectivity index (χ2v) is 4.76. The maximum absolute atomic E-state index is 13.4. The van der Waals surface area contributed by atoms with Crippen LogP contribution in [0.1, 0.15) is 11.1 Å². The van der Waals surface area contributed by atoms with Crippen molar-refractivity contribution in [1.29, 1.82) is 0 Å². The van der Waals surface area contributed by atoms with Crippen molar-refractivity contribution < 1.29 is 9.50 Å². The fraction of sp³-hybridized carbons (Fsp3) is 0.125. The van der Waals surface area contributed by atoms with Crippen LogP contribution >= 0.6 is 0 Å². The number of rotatable bonds is 2. The molecule has 2 aromatic rings. The van der Waals surface area contributed by atoms with E-state index >= 15 is 0 Å². The standard InChI is InChI=1S/C16H14FN3O/c1-10-9-11(4-5-13(10)17)15-12(3-2-7-18-15)14-6-8-19-16(21)20-14/h2-9,16,20-21H,1H3/t16-/m0/s1. The minimum atomic E-state index is -0.965. The van der Waals surface area contributed by atoms with E-state index in [9.17, 15) is 9.50 Å². The highest BCUT2D eigenvalue weighted by Crippen LogP contribution is 2.27. The summed E-state index contributed by atoms with van der Waals surface area (Å²) >= 11 is 0. The molecule has 3 rings (SSSR count). The second-order valence-electron chi connectivity index (χ2n) is 4.76. The van der Waals surface area contributed by atoms with Crippen molar-refractivity contribution in [1.82, 2.24) is 10.3 Å². The van der Waals surface area contributed by atoms with Gasteiger partial charge in [0.25, 0.3) is 0 Å². The Kier molecular flexibility index (Phi) is 3.50. The molecule has 0 radical (unpaired) electrons. The molecular formula is C16H14FN3O. The first-order valence-corrected chi connectivity index (χ1v) is 6.55. The molecule has 21 heavy (non-hydrogen) atoms. The zero-order chi connectivity index (χ0) is 14.8. The van der Waals surface area contributed by atoms with E-state index in [4.69, 9.17) is 0 Å². The smallest absolute Gasteiger partial charge is 0.222 e. The first kappa shape index (κ1) is 13.5. The third kappa shape index (κ3) is 2.68. The quantitative estimate of drug-likeness (QED) is 0.890. The van der Waals surface area contributed by atoms with Crippen molar-refractivity contribution in [3.05, 3.63) is 59.5 Å². The number of aryl methyl sites for hydroxylation is 1. The molecule has 0 amide bonds. The Balaban J connectivity index is 2.09. The van der Waals surface area contributed by atoms with E-state index < -0.39 is 6.35 Å². The molecule has 2 heterocycles. The number of benzene rings is 1. The summed E-state index contributed by atoms with van der Waals surface area (Å²) in [5.74, 6) is -0.242. The van der Waals surface area contributed by atoms with Crippen LogP contribution in [-0.2, 0) is 0 Å². The van der Waals surface area contributed by atoms with Gasteiger partial charge >= 0.3 is 0 Å². The molecular weight excluding hydrogens is 269 g/mol. The van der Waals surface area contributed by atoms with Crippen molar-refractivity contribution in [2.75, 3.05) is 0 Å². The number of nitrogens with one attached hydrogen (secondary N) is 1. The molecule has 4 nitrogen and oxygen atoms in total. The number of allylic oxidation sites excluding steroid dienone is 1. The van der Waals surface area contributed by atoms with Crippen LogP contribution in [-0.4, -0.2) is 22.7 Å². The van der Waals surface area contributed by atoms with Crippen LogP contribution in [0, 0.1) is 12.7 Å². The van der Waals surface area contributed by atoms with Crippen molar-refractivity contribution in [2.24, 2.45) is 4.99 Å². The monoisotopic (exact) mass is 283 g/mol. The Hall–Kier alpha value is -2.53. The maximum atomic E-state index is 13.4. The highest BCUT2D eigenvalue weighted by molar-refractivity contribution is 5.89. The summed E-state index contributed by atoms with van der Waals surface area (Å²) < 4.78 is 13.4. The SMILES string of the molecule is Cc1cc(-c2ncccc2C2=CC=N[C@H](O)N2)ccc1F. The lowest BCUT2D eigenvalue weighted by Gasteiger charge is -2.18. The normalized spacial score (nSPS) is 17.3. The van der Waals surface area contributed by atoms with Gasteiger partial charge in [-0.1, -0.05) is 0 Å². The van der Waals surface area contributed by atoms with E-state index in [1.54, 1.807) is 37.5 Å². The van der Waals surface area contributed by atoms with Gasteiger partial charge in [0, 0.05) is 29.2 Å². The van der Waals surface area contributed by atoms with Gasteiger partial charge in [-0.05, 0) is 48.9 Å². The minimum Gasteiger partial charge on any atom is -0.355 e. The summed E-state index contributed by atoms with van der Waals surface area (Å²) in [5.41, 5.74) is 3.67. The van der Waals surface area contributed by atoms with E-state index in [0.29, 0.717) is 5.56 Å². The number of pyridine rings is 1. The van der Waals surface area contributed by atoms with Crippen molar-refractivity contribution in [2.45, 2.75) is 13.3 Å². The van der Waals surface area contributed by atoms with Crippen LogP contribution < -0.4 is 5.32 Å². The van der Waals surface area contributed by atoms with Gasteiger partial charge in [0.15, 0.2) is 0 Å². The minimum absolute atomic E-state index is 0.242. The number of hydrogen-bond donors (Lipinski definition) is 2. The average molecular weight is 283 g/mol. The van der Waals surface area contributed by atoms with Crippen LogP contribution in [0.25, 0.3) is 17.0 Å². The molecule has 106 valence electrons. The summed E-state index contributed by atoms with van der Waals surface area (Å²) in [5, 5.41) is 12.4. The molecule has 0 spiro atoms. The molecule has 1 aromatic heterocycles. The van der Waals surface area contributed by atoms with E-state index in [2.05, 4.69) is 15.3 Å². The van der Waals surface area contributed by atoms with Gasteiger partial charge in [-0.25, -0.2) is 9.38 Å². The second kappa shape index (κ2) is 5.46. The van der Waals surface area contributed by atoms with Gasteiger partial charge in [0.05, 0.1) is 5.69 Å². The van der Waals surface area contributed by atoms with Crippen LogP contribution in [0.2, 0.25) is 0 Å². The Bertz CT molecular complexity index is 740. The van der Waals surface area contributed by atoms with Gasteiger partial charge < -0.3 is 10.4 Å². The lowest BCUT2D eigenvalue weighted by Crippen LogP contribution is -2.28. The highest BCUT2D eigenvalue weighted by atomic mass is 19.1. The molecule has 1 aliphatic heterocycles. The number of halogens is 1. The predicted octanol–water partition coefficient (Wildman–Crippen LogP) is 2.49. The molecule has 1 atom stereocenters. The van der Waals surface area contributed by atoms with Gasteiger partial charge in [0.1, 0.15) is 5.82 Å². The van der Waals surface area contributed by atoms with Crippen LogP contribution in [0.15, 0.2) is 47.6 Å². The fourth-order valence-corrected chi connectivity index (χ4v) is 2.24. The van der Waals surface area contributed by atoms with E-state index in [-0.39, 0.29) is 5.82 Å². The Morgan fingerprint density at radius 3 is 2.90 bits per heavy atom. The molecule has 0 saturated heterocycles. The summed E-state index contributed by atoms with van der Waals surface area (Å²) in [6.07, 6.45) is 4.03. The lowest BCUT2D eigenvalue weighted by molar-refractivity contribution is 0.166. The molecule has 1 aliphatic rings. The molecule has 0 fully saturated rings. The number of aromatic nitrogens is 1. The Morgan fingerprint density at radius 1 is 1.29 bits per heavy atom. The summed E-state index contributed by atoms with van der Waals surface area (Å²) in [6.45, 7) is 1.72. The van der Waals surface area contributed by atoms with Crippen molar-refractivity contribution >= 4 is 11.9 Å². The van der Waals surface area contributed by atoms with E-state index in [0.717, 1.165) is 22.5 Å². The topological polar surface area (TPSA) is 57.5 Å². The Labute approximate surface area is 121 Å². The molecule has 0 bridgehead atoms. The van der Waals surface area contributed by atoms with Gasteiger partial charge in [0.2, 0.25) is 6.35 Å². The third-order valence-corrected chi connectivity index (χ3v) is 3.28. The number of hydrogen-bond acceptors (Lipinski definition) is 4. The molecule has 0 unspecified atom stereocenters. The largest absolute Gasteiger partial charge is 0.355 e. The average Bonchev–Trinajstić information content (AvgIpc) is 2.50. The van der Waals surface area contributed by atoms with E-state index in [1.807, 2.05) is 12.1 Å². The molecule has 1 aromatic carbocycles. The summed E-state index contributed by atoms with van der Waals surface area (Å²) in [4.78, 5) is 8.20. The maximum Gasteiger partial charge on any atom is 0.222 e. The van der Waals surface area contributed by atoms with Crippen LogP contribution in [0.5, 0.6) is 0 Å². The van der Waals surface area contributed by atoms with E-state index in [1.165, 1.54) is 6.07 Å². The number of aliphatic imine (C=N–C) groups is 1. The zero-order valence-corrected chi connectivity index (χ0v) is 11.4. The summed E-state index contributed by atoms with van der Waals surface area (Å²) in [6, 6.07) is 8.60. The zero-order valence-electron chi connectivity index (χ0n) is 11.4. The molecule has 0 aliphatic carbocycles. The third-order valence-electron chi connectivity index (χ3n) is 3.28. The van der Waals surface area contributed by atoms with Gasteiger partial charge in [-0.3, -0.25) is 4.98 Å². The van der Waals surface area contributed by atoms with Gasteiger partial charge in [-0.2, -0.15) is 0 Å².